The van der Waals surface area contributed by atoms with E-state index in [1.54, 1.807) is 0 Å². The van der Waals surface area contributed by atoms with E-state index in [9.17, 15) is 4.79 Å². The highest BCUT2D eigenvalue weighted by Crippen LogP contribution is 2.28. The molecule has 0 aliphatic rings. The number of nitrogens with one attached hydrogen (secondary N) is 1. The number of rotatable bonds is 7. The van der Waals surface area contributed by atoms with Crippen LogP contribution in [0.5, 0.6) is 0 Å². The van der Waals surface area contributed by atoms with E-state index in [0.29, 0.717) is 6.54 Å². The van der Waals surface area contributed by atoms with Crippen molar-refractivity contribution in [1.29, 1.82) is 0 Å². The molecular weight excluding hydrogens is 404 g/mol. The first-order valence-electron chi connectivity index (χ1n) is 10.2. The summed E-state index contributed by atoms with van der Waals surface area (Å²) < 4.78 is 2.08. The van der Waals surface area contributed by atoms with Gasteiger partial charge >= 0.3 is 0 Å². The normalized spacial score (nSPS) is 11.8. The predicted octanol–water partition coefficient (Wildman–Crippen LogP) is 5.42. The third-order valence-electron chi connectivity index (χ3n) is 4.99. The van der Waals surface area contributed by atoms with E-state index < -0.39 is 0 Å². The lowest BCUT2D eigenvalue weighted by atomic mass is 10.2. The van der Waals surface area contributed by atoms with Crippen LogP contribution < -0.4 is 5.32 Å². The van der Waals surface area contributed by atoms with Crippen molar-refractivity contribution in [3.8, 4) is 11.4 Å². The Balaban J connectivity index is 1.59. The van der Waals surface area contributed by atoms with Crippen molar-refractivity contribution in [2.45, 2.75) is 30.8 Å². The first kappa shape index (κ1) is 20.9. The highest BCUT2D eigenvalue weighted by Gasteiger charge is 2.21. The molecule has 1 N–H and O–H groups in total. The van der Waals surface area contributed by atoms with Crippen LogP contribution in [0.25, 0.3) is 11.4 Å². The molecule has 0 unspecified atom stereocenters. The van der Waals surface area contributed by atoms with Crippen molar-refractivity contribution in [2.75, 3.05) is 5.32 Å². The summed E-state index contributed by atoms with van der Waals surface area (Å²) in [5.74, 6) is 0.730. The van der Waals surface area contributed by atoms with E-state index in [1.807, 2.05) is 86.6 Å². The quantitative estimate of drug-likeness (QED) is 0.399. The second kappa shape index (κ2) is 9.62. The van der Waals surface area contributed by atoms with Gasteiger partial charge in [0.05, 0.1) is 11.8 Å². The predicted molar refractivity (Wildman–Crippen MR) is 126 cm³/mol. The van der Waals surface area contributed by atoms with Gasteiger partial charge in [-0.3, -0.25) is 9.36 Å². The van der Waals surface area contributed by atoms with Gasteiger partial charge in [0, 0.05) is 11.3 Å². The van der Waals surface area contributed by atoms with Crippen molar-refractivity contribution in [2.24, 2.45) is 0 Å². The first-order chi connectivity index (χ1) is 15.1. The molecule has 6 heteroatoms. The molecule has 0 fully saturated rings. The third kappa shape index (κ3) is 5.03. The van der Waals surface area contributed by atoms with Crippen molar-refractivity contribution in [3.05, 3.63) is 96.1 Å². The van der Waals surface area contributed by atoms with Crippen LogP contribution in [0.1, 0.15) is 18.1 Å². The van der Waals surface area contributed by atoms with E-state index in [0.717, 1.165) is 33.4 Å². The molecule has 0 saturated heterocycles. The number of amides is 1. The van der Waals surface area contributed by atoms with Gasteiger partial charge < -0.3 is 5.32 Å². The number of hydrogen-bond donors (Lipinski definition) is 1. The van der Waals surface area contributed by atoms with E-state index in [4.69, 9.17) is 0 Å². The van der Waals surface area contributed by atoms with E-state index in [2.05, 4.69) is 32.2 Å². The Labute approximate surface area is 186 Å². The van der Waals surface area contributed by atoms with E-state index in [-0.39, 0.29) is 11.2 Å². The fourth-order valence-electron chi connectivity index (χ4n) is 3.24. The molecule has 4 rings (SSSR count). The van der Waals surface area contributed by atoms with Crippen LogP contribution >= 0.6 is 11.8 Å². The Kier molecular flexibility index (Phi) is 6.48. The molecule has 0 bridgehead atoms. The second-order valence-corrected chi connectivity index (χ2v) is 8.62. The molecule has 1 amide bonds. The molecule has 0 saturated carbocycles. The monoisotopic (exact) mass is 428 g/mol. The molecule has 1 aromatic heterocycles. The number of carbonyl (C=O) groups excluding carboxylic acids is 1. The lowest BCUT2D eigenvalue weighted by Gasteiger charge is -2.15. The topological polar surface area (TPSA) is 59.8 Å². The van der Waals surface area contributed by atoms with E-state index >= 15 is 0 Å². The summed E-state index contributed by atoms with van der Waals surface area (Å²) in [6.07, 6.45) is 0. The van der Waals surface area contributed by atoms with Gasteiger partial charge in [-0.1, -0.05) is 90.6 Å². The summed E-state index contributed by atoms with van der Waals surface area (Å²) >= 11 is 1.42. The van der Waals surface area contributed by atoms with E-state index in [1.165, 1.54) is 11.8 Å². The molecule has 3 aromatic carbocycles. The Morgan fingerprint density at radius 1 is 0.935 bits per heavy atom. The van der Waals surface area contributed by atoms with Crippen LogP contribution in [0.3, 0.4) is 0 Å². The fourth-order valence-corrected chi connectivity index (χ4v) is 4.09. The molecule has 5 nitrogen and oxygen atoms in total. The van der Waals surface area contributed by atoms with Gasteiger partial charge in [-0.25, -0.2) is 0 Å². The molecule has 31 heavy (non-hydrogen) atoms. The maximum atomic E-state index is 12.8. The molecule has 0 spiro atoms. The Hall–Kier alpha value is -3.38. The van der Waals surface area contributed by atoms with Crippen molar-refractivity contribution >= 4 is 23.4 Å². The smallest absolute Gasteiger partial charge is 0.237 e. The van der Waals surface area contributed by atoms with Crippen molar-refractivity contribution in [1.82, 2.24) is 14.8 Å². The Morgan fingerprint density at radius 2 is 1.58 bits per heavy atom. The number of benzene rings is 3. The van der Waals surface area contributed by atoms with Gasteiger partial charge in [0.15, 0.2) is 11.0 Å². The summed E-state index contributed by atoms with van der Waals surface area (Å²) in [4.78, 5) is 12.8. The average Bonchev–Trinajstić information content (AvgIpc) is 3.18. The van der Waals surface area contributed by atoms with Gasteiger partial charge in [-0.2, -0.15) is 0 Å². The zero-order valence-corrected chi connectivity index (χ0v) is 18.3. The van der Waals surface area contributed by atoms with Gasteiger partial charge in [-0.05, 0) is 31.0 Å². The van der Waals surface area contributed by atoms with Crippen LogP contribution in [0.15, 0.2) is 90.1 Å². The maximum Gasteiger partial charge on any atom is 0.237 e. The number of anilines is 1. The summed E-state index contributed by atoms with van der Waals surface area (Å²) in [6, 6.07) is 28.0. The van der Waals surface area contributed by atoms with Crippen LogP contribution in [0.4, 0.5) is 5.69 Å². The van der Waals surface area contributed by atoms with Gasteiger partial charge in [0.2, 0.25) is 5.91 Å². The number of hydrogen-bond acceptors (Lipinski definition) is 4. The molecule has 0 aliphatic heterocycles. The minimum atomic E-state index is -0.332. The zero-order chi connectivity index (χ0) is 21.6. The minimum absolute atomic E-state index is 0.0603. The molecule has 1 atom stereocenters. The molecule has 4 aromatic rings. The molecular formula is C25H24N4OS. The molecule has 0 radical (unpaired) electrons. The highest BCUT2D eigenvalue weighted by molar-refractivity contribution is 8.00. The minimum Gasteiger partial charge on any atom is -0.325 e. The second-order valence-electron chi connectivity index (χ2n) is 7.31. The largest absolute Gasteiger partial charge is 0.325 e. The fraction of sp³-hybridized carbons (Fsp3) is 0.160. The van der Waals surface area contributed by atoms with Crippen molar-refractivity contribution in [3.63, 3.8) is 0 Å². The number of aryl methyl sites for hydroxylation is 1. The molecule has 1 heterocycles. The van der Waals surface area contributed by atoms with Gasteiger partial charge in [-0.15, -0.1) is 10.2 Å². The Bertz CT molecular complexity index is 1160. The van der Waals surface area contributed by atoms with Crippen LogP contribution in [-0.2, 0) is 11.3 Å². The number of para-hydroxylation sites is 1. The van der Waals surface area contributed by atoms with Crippen LogP contribution in [-0.4, -0.2) is 25.9 Å². The molecule has 156 valence electrons. The molecule has 0 aliphatic carbocycles. The lowest BCUT2D eigenvalue weighted by Crippen LogP contribution is -2.23. The summed E-state index contributed by atoms with van der Waals surface area (Å²) in [5, 5.41) is 12.3. The summed E-state index contributed by atoms with van der Waals surface area (Å²) in [5.41, 5.74) is 4.01. The van der Waals surface area contributed by atoms with Crippen LogP contribution in [0.2, 0.25) is 0 Å². The standard InChI is InChI=1S/C25H24N4OS/c1-18-11-9-10-16-22(18)26-24(30)19(2)31-25-28-27-23(21-14-7-4-8-15-21)29(25)17-20-12-5-3-6-13-20/h3-16,19H,17H2,1-2H3,(H,26,30)/t19-/m0/s1. The number of nitrogens with zero attached hydrogens (tertiary/aromatic N) is 3. The zero-order valence-electron chi connectivity index (χ0n) is 17.5. The Morgan fingerprint density at radius 3 is 2.29 bits per heavy atom. The van der Waals surface area contributed by atoms with Crippen LogP contribution in [0, 0.1) is 6.92 Å². The number of aromatic nitrogens is 3. The number of carbonyl (C=O) groups is 1. The number of thioether (sulfide) groups is 1. The highest BCUT2D eigenvalue weighted by atomic mass is 32.2. The SMILES string of the molecule is Cc1ccccc1NC(=O)[C@H](C)Sc1nnc(-c2ccccc2)n1Cc1ccccc1. The lowest BCUT2D eigenvalue weighted by molar-refractivity contribution is -0.115. The summed E-state index contributed by atoms with van der Waals surface area (Å²) in [7, 11) is 0. The summed E-state index contributed by atoms with van der Waals surface area (Å²) in [6.45, 7) is 4.50. The van der Waals surface area contributed by atoms with Gasteiger partial charge in [0.1, 0.15) is 0 Å². The maximum absolute atomic E-state index is 12.8. The first-order valence-corrected chi connectivity index (χ1v) is 11.1. The average molecular weight is 429 g/mol. The third-order valence-corrected chi connectivity index (χ3v) is 6.07. The van der Waals surface area contributed by atoms with Crippen molar-refractivity contribution < 1.29 is 4.79 Å². The van der Waals surface area contributed by atoms with Gasteiger partial charge in [0.25, 0.3) is 0 Å².